The van der Waals surface area contributed by atoms with Crippen molar-refractivity contribution in [3.05, 3.63) is 18.2 Å². The number of hydrogen-bond acceptors (Lipinski definition) is 3. The van der Waals surface area contributed by atoms with Gasteiger partial charge in [-0.2, -0.15) is 0 Å². The van der Waals surface area contributed by atoms with E-state index < -0.39 is 0 Å². The van der Waals surface area contributed by atoms with Gasteiger partial charge in [-0.15, -0.1) is 0 Å². The van der Waals surface area contributed by atoms with Crippen LogP contribution in [0.1, 0.15) is 39.5 Å². The van der Waals surface area contributed by atoms with E-state index in [1.165, 1.54) is 19.3 Å². The molecule has 1 aromatic carbocycles. The van der Waals surface area contributed by atoms with E-state index in [2.05, 4.69) is 6.92 Å². The molecule has 96 valence electrons. The second kappa shape index (κ2) is 7.82. The fourth-order valence-corrected chi connectivity index (χ4v) is 1.65. The van der Waals surface area contributed by atoms with Crippen LogP contribution in [-0.2, 0) is 0 Å². The molecule has 17 heavy (non-hydrogen) atoms. The number of nitrogens with two attached hydrogens (primary N) is 1. The molecular weight excluding hydrogens is 214 g/mol. The number of benzene rings is 1. The van der Waals surface area contributed by atoms with Crippen LogP contribution in [0, 0.1) is 0 Å². The standard InChI is InChI=1S/C14H23NO2/c1-3-5-6-7-8-17-14-10-12(15)9-13(11-14)16-4-2/h9-11H,3-8,15H2,1-2H3. The second-order valence-corrected chi connectivity index (χ2v) is 4.08. The maximum atomic E-state index is 5.78. The van der Waals surface area contributed by atoms with Crippen LogP contribution >= 0.6 is 0 Å². The monoisotopic (exact) mass is 237 g/mol. The molecule has 0 bridgehead atoms. The Morgan fingerprint density at radius 3 is 2.29 bits per heavy atom. The molecule has 0 aliphatic heterocycles. The molecule has 1 aromatic rings. The molecule has 0 fully saturated rings. The van der Waals surface area contributed by atoms with E-state index in [1.807, 2.05) is 25.1 Å². The largest absolute Gasteiger partial charge is 0.494 e. The number of hydrogen-bond donors (Lipinski definition) is 1. The van der Waals surface area contributed by atoms with Crippen LogP contribution in [0.2, 0.25) is 0 Å². The van der Waals surface area contributed by atoms with Crippen molar-refractivity contribution in [1.82, 2.24) is 0 Å². The van der Waals surface area contributed by atoms with Crippen molar-refractivity contribution in [1.29, 1.82) is 0 Å². The molecule has 0 atom stereocenters. The van der Waals surface area contributed by atoms with E-state index in [4.69, 9.17) is 15.2 Å². The summed E-state index contributed by atoms with van der Waals surface area (Å²) < 4.78 is 11.1. The van der Waals surface area contributed by atoms with Crippen molar-refractivity contribution in [2.24, 2.45) is 0 Å². The minimum absolute atomic E-state index is 0.638. The van der Waals surface area contributed by atoms with Crippen molar-refractivity contribution in [3.8, 4) is 11.5 Å². The van der Waals surface area contributed by atoms with Gasteiger partial charge in [0, 0.05) is 23.9 Å². The van der Waals surface area contributed by atoms with Crippen LogP contribution in [0.15, 0.2) is 18.2 Å². The fraction of sp³-hybridized carbons (Fsp3) is 0.571. The minimum Gasteiger partial charge on any atom is -0.494 e. The third-order valence-corrected chi connectivity index (χ3v) is 2.48. The zero-order valence-corrected chi connectivity index (χ0v) is 10.9. The van der Waals surface area contributed by atoms with Gasteiger partial charge < -0.3 is 15.2 Å². The summed E-state index contributed by atoms with van der Waals surface area (Å²) in [5, 5.41) is 0. The van der Waals surface area contributed by atoms with E-state index >= 15 is 0 Å². The normalized spacial score (nSPS) is 10.2. The molecule has 0 radical (unpaired) electrons. The van der Waals surface area contributed by atoms with Crippen molar-refractivity contribution in [2.75, 3.05) is 18.9 Å². The predicted octanol–water partition coefficient (Wildman–Crippen LogP) is 3.63. The Labute approximate surface area is 104 Å². The third kappa shape index (κ3) is 5.48. The molecule has 0 saturated carbocycles. The minimum atomic E-state index is 0.638. The van der Waals surface area contributed by atoms with Gasteiger partial charge in [-0.1, -0.05) is 26.2 Å². The molecular formula is C14H23NO2. The highest BCUT2D eigenvalue weighted by atomic mass is 16.5. The van der Waals surface area contributed by atoms with Crippen LogP contribution in [0.25, 0.3) is 0 Å². The first-order chi connectivity index (χ1) is 8.26. The first-order valence-electron chi connectivity index (χ1n) is 6.42. The zero-order valence-electron chi connectivity index (χ0n) is 10.9. The lowest BCUT2D eigenvalue weighted by Gasteiger charge is -2.09. The maximum Gasteiger partial charge on any atom is 0.125 e. The van der Waals surface area contributed by atoms with Gasteiger partial charge in [0.2, 0.25) is 0 Å². The summed E-state index contributed by atoms with van der Waals surface area (Å²) >= 11 is 0. The molecule has 0 spiro atoms. The van der Waals surface area contributed by atoms with Crippen LogP contribution in [-0.4, -0.2) is 13.2 Å². The first-order valence-corrected chi connectivity index (χ1v) is 6.42. The van der Waals surface area contributed by atoms with Gasteiger partial charge in [-0.25, -0.2) is 0 Å². The average molecular weight is 237 g/mol. The number of anilines is 1. The molecule has 0 saturated heterocycles. The summed E-state index contributed by atoms with van der Waals surface area (Å²) in [6, 6.07) is 5.54. The molecule has 0 heterocycles. The van der Waals surface area contributed by atoms with Gasteiger partial charge in [-0.3, -0.25) is 0 Å². The van der Waals surface area contributed by atoms with Crippen LogP contribution in [0.3, 0.4) is 0 Å². The summed E-state index contributed by atoms with van der Waals surface area (Å²) in [7, 11) is 0. The lowest BCUT2D eigenvalue weighted by molar-refractivity contribution is 0.299. The van der Waals surface area contributed by atoms with Crippen molar-refractivity contribution < 1.29 is 9.47 Å². The summed E-state index contributed by atoms with van der Waals surface area (Å²) in [5.41, 5.74) is 6.46. The lowest BCUT2D eigenvalue weighted by Crippen LogP contribution is -1.99. The van der Waals surface area contributed by atoms with Crippen LogP contribution in [0.4, 0.5) is 5.69 Å². The van der Waals surface area contributed by atoms with E-state index in [-0.39, 0.29) is 0 Å². The van der Waals surface area contributed by atoms with E-state index in [1.54, 1.807) is 0 Å². The molecule has 0 unspecified atom stereocenters. The van der Waals surface area contributed by atoms with E-state index in [9.17, 15) is 0 Å². The van der Waals surface area contributed by atoms with Crippen molar-refractivity contribution in [3.63, 3.8) is 0 Å². The SMILES string of the molecule is CCCCCCOc1cc(N)cc(OCC)c1. The molecule has 3 nitrogen and oxygen atoms in total. The summed E-state index contributed by atoms with van der Waals surface area (Å²) in [5.74, 6) is 1.57. The molecule has 1 rings (SSSR count). The molecule has 3 heteroatoms. The Hall–Kier alpha value is -1.38. The van der Waals surface area contributed by atoms with Gasteiger partial charge >= 0.3 is 0 Å². The van der Waals surface area contributed by atoms with E-state index in [0.29, 0.717) is 12.3 Å². The first kappa shape index (κ1) is 13.7. The van der Waals surface area contributed by atoms with Gasteiger partial charge in [0.25, 0.3) is 0 Å². The summed E-state index contributed by atoms with van der Waals surface area (Å²) in [6.07, 6.45) is 4.82. The quantitative estimate of drug-likeness (QED) is 0.554. The number of nitrogen functional groups attached to an aromatic ring is 1. The third-order valence-electron chi connectivity index (χ3n) is 2.48. The molecule has 0 aliphatic carbocycles. The van der Waals surface area contributed by atoms with Crippen molar-refractivity contribution >= 4 is 5.69 Å². The highest BCUT2D eigenvalue weighted by Gasteiger charge is 2.00. The van der Waals surface area contributed by atoms with Gasteiger partial charge in [0.15, 0.2) is 0 Å². The summed E-state index contributed by atoms with van der Waals surface area (Å²) in [4.78, 5) is 0. The Balaban J connectivity index is 2.41. The Kier molecular flexibility index (Phi) is 6.30. The molecule has 2 N–H and O–H groups in total. The smallest absolute Gasteiger partial charge is 0.125 e. The Morgan fingerprint density at radius 1 is 0.941 bits per heavy atom. The van der Waals surface area contributed by atoms with Crippen LogP contribution < -0.4 is 15.2 Å². The van der Waals surface area contributed by atoms with E-state index in [0.717, 1.165) is 24.5 Å². The number of rotatable bonds is 8. The molecule has 0 amide bonds. The maximum absolute atomic E-state index is 5.78. The van der Waals surface area contributed by atoms with Crippen LogP contribution in [0.5, 0.6) is 11.5 Å². The zero-order chi connectivity index (χ0) is 12.5. The average Bonchev–Trinajstić information content (AvgIpc) is 2.28. The Morgan fingerprint density at radius 2 is 1.65 bits per heavy atom. The van der Waals surface area contributed by atoms with Crippen molar-refractivity contribution in [2.45, 2.75) is 39.5 Å². The predicted molar refractivity (Wildman–Crippen MR) is 71.7 cm³/mol. The highest BCUT2D eigenvalue weighted by molar-refractivity contribution is 5.50. The number of unbranched alkanes of at least 4 members (excludes halogenated alkanes) is 3. The lowest BCUT2D eigenvalue weighted by atomic mass is 10.2. The summed E-state index contributed by atoms with van der Waals surface area (Å²) in [6.45, 7) is 5.54. The second-order valence-electron chi connectivity index (χ2n) is 4.08. The van der Waals surface area contributed by atoms with Gasteiger partial charge in [0.1, 0.15) is 11.5 Å². The van der Waals surface area contributed by atoms with Gasteiger partial charge in [0.05, 0.1) is 13.2 Å². The van der Waals surface area contributed by atoms with Gasteiger partial charge in [-0.05, 0) is 13.3 Å². The fourth-order valence-electron chi connectivity index (χ4n) is 1.65. The molecule has 0 aliphatic rings. The highest BCUT2D eigenvalue weighted by Crippen LogP contribution is 2.24. The topological polar surface area (TPSA) is 44.5 Å². The Bertz CT molecular complexity index is 326. The molecule has 0 aromatic heterocycles. The number of ether oxygens (including phenoxy) is 2.